The van der Waals surface area contributed by atoms with Crippen molar-refractivity contribution in [2.24, 2.45) is 0 Å². The average Bonchev–Trinajstić information content (AvgIpc) is 2.05. The van der Waals surface area contributed by atoms with Crippen LogP contribution in [0.15, 0.2) is 11.8 Å². The van der Waals surface area contributed by atoms with Gasteiger partial charge < -0.3 is 4.90 Å². The summed E-state index contributed by atoms with van der Waals surface area (Å²) < 4.78 is 2.14. The molecule has 1 unspecified atom stereocenters. The molecule has 0 aromatic carbocycles. The Kier molecular flexibility index (Phi) is 3.03. The minimum Gasteiger partial charge on any atom is -0.322 e. The van der Waals surface area contributed by atoms with Crippen LogP contribution < -0.4 is 0 Å². The predicted octanol–water partition coefficient (Wildman–Crippen LogP) is 0.454. The van der Waals surface area contributed by atoms with Crippen LogP contribution in [0.25, 0.3) is 0 Å². The van der Waals surface area contributed by atoms with Crippen molar-refractivity contribution in [2.45, 2.75) is 6.42 Å². The number of amides is 1. The molecule has 1 aliphatic heterocycles. The lowest BCUT2D eigenvalue weighted by Crippen LogP contribution is -2.25. The number of carbonyl (C=O) groups is 1. The predicted molar refractivity (Wildman–Crippen MR) is 47.8 cm³/mol. The minimum absolute atomic E-state index is 0.851. The third-order valence-electron chi connectivity index (χ3n) is 1.83. The van der Waals surface area contributed by atoms with Gasteiger partial charge in [0.1, 0.15) is 0 Å². The maximum atomic E-state index is 10.4. The summed E-state index contributed by atoms with van der Waals surface area (Å²) in [6, 6.07) is 0. The number of hydrogen-bond donors (Lipinski definition) is 0. The Labute approximate surface area is 69.3 Å². The summed E-state index contributed by atoms with van der Waals surface area (Å²) in [5.41, 5.74) is 1.12. The second kappa shape index (κ2) is 3.84. The van der Waals surface area contributed by atoms with Crippen molar-refractivity contribution in [3.63, 3.8) is 0 Å². The molecule has 0 saturated carbocycles. The highest BCUT2D eigenvalue weighted by atomic mass is 31.0. The average molecular weight is 172 g/mol. The molecule has 0 bridgehead atoms. The Morgan fingerprint density at radius 2 is 2.55 bits per heavy atom. The van der Waals surface area contributed by atoms with E-state index in [9.17, 15) is 4.79 Å². The quantitative estimate of drug-likeness (QED) is 0.446. The van der Waals surface area contributed by atoms with Crippen molar-refractivity contribution < 1.29 is 4.79 Å². The van der Waals surface area contributed by atoms with E-state index in [4.69, 9.17) is 0 Å². The first kappa shape index (κ1) is 8.69. The summed E-state index contributed by atoms with van der Waals surface area (Å²) in [5.74, 6) is 0. The molecule has 1 aliphatic rings. The van der Waals surface area contributed by atoms with E-state index >= 15 is 0 Å². The molecule has 1 rings (SSSR count). The fourth-order valence-electron chi connectivity index (χ4n) is 1.06. The zero-order valence-electron chi connectivity index (χ0n) is 6.66. The van der Waals surface area contributed by atoms with E-state index in [-0.39, 0.29) is 0 Å². The van der Waals surface area contributed by atoms with Gasteiger partial charge in [0.05, 0.1) is 0 Å². The molecule has 1 amide bonds. The van der Waals surface area contributed by atoms with Gasteiger partial charge in [-0.15, -0.1) is 0 Å². The zero-order chi connectivity index (χ0) is 8.27. The molecule has 0 saturated heterocycles. The SMILES string of the molecule is CN(C=O)C1=CCN(P)CC1. The van der Waals surface area contributed by atoms with Crippen molar-refractivity contribution >= 4 is 15.8 Å². The minimum atomic E-state index is 0.851. The second-order valence-electron chi connectivity index (χ2n) is 2.66. The van der Waals surface area contributed by atoms with Gasteiger partial charge in [-0.2, -0.15) is 0 Å². The topological polar surface area (TPSA) is 23.6 Å². The maximum absolute atomic E-state index is 10.4. The van der Waals surface area contributed by atoms with Crippen molar-refractivity contribution in [2.75, 3.05) is 20.1 Å². The molecule has 1 heterocycles. The lowest BCUT2D eigenvalue weighted by atomic mass is 10.2. The fraction of sp³-hybridized carbons (Fsp3) is 0.571. The molecule has 62 valence electrons. The molecule has 1 atom stereocenters. The Hall–Kier alpha value is -0.400. The van der Waals surface area contributed by atoms with E-state index in [1.54, 1.807) is 11.9 Å². The lowest BCUT2D eigenvalue weighted by Gasteiger charge is -2.24. The Morgan fingerprint density at radius 1 is 1.82 bits per heavy atom. The van der Waals surface area contributed by atoms with Gasteiger partial charge in [-0.05, 0) is 0 Å². The van der Waals surface area contributed by atoms with Gasteiger partial charge in [-0.25, -0.2) is 0 Å². The van der Waals surface area contributed by atoms with Gasteiger partial charge >= 0.3 is 0 Å². The molecular weight excluding hydrogens is 159 g/mol. The molecule has 0 fully saturated rings. The molecule has 3 nitrogen and oxygen atoms in total. The van der Waals surface area contributed by atoms with Gasteiger partial charge in [-0.3, -0.25) is 9.46 Å². The summed E-state index contributed by atoms with van der Waals surface area (Å²) in [6.45, 7) is 1.92. The first-order valence-corrected chi connectivity index (χ1v) is 4.12. The van der Waals surface area contributed by atoms with E-state index in [1.807, 2.05) is 0 Å². The van der Waals surface area contributed by atoms with Crippen LogP contribution in [-0.2, 0) is 4.79 Å². The number of hydrogen-bond acceptors (Lipinski definition) is 2. The first-order chi connectivity index (χ1) is 5.24. The van der Waals surface area contributed by atoms with Crippen LogP contribution in [0.5, 0.6) is 0 Å². The van der Waals surface area contributed by atoms with Gasteiger partial charge in [0.2, 0.25) is 6.41 Å². The monoisotopic (exact) mass is 172 g/mol. The van der Waals surface area contributed by atoms with E-state index in [2.05, 4.69) is 20.1 Å². The molecule has 0 radical (unpaired) electrons. The smallest absolute Gasteiger partial charge is 0.213 e. The highest BCUT2D eigenvalue weighted by Gasteiger charge is 2.09. The maximum Gasteiger partial charge on any atom is 0.213 e. The van der Waals surface area contributed by atoms with Crippen LogP contribution in [0.4, 0.5) is 0 Å². The summed E-state index contributed by atoms with van der Waals surface area (Å²) in [6.07, 6.45) is 3.88. The van der Waals surface area contributed by atoms with Gasteiger partial charge in [0.15, 0.2) is 0 Å². The van der Waals surface area contributed by atoms with Crippen molar-refractivity contribution in [1.29, 1.82) is 0 Å². The number of nitrogens with zero attached hydrogens (tertiary/aromatic N) is 2. The third kappa shape index (κ3) is 2.28. The number of carbonyl (C=O) groups excluding carboxylic acids is 1. The summed E-state index contributed by atoms with van der Waals surface area (Å²) in [5, 5.41) is 0. The molecule has 0 N–H and O–H groups in total. The largest absolute Gasteiger partial charge is 0.322 e. The summed E-state index contributed by atoms with van der Waals surface area (Å²) in [7, 11) is 4.44. The van der Waals surface area contributed by atoms with Crippen molar-refractivity contribution in [3.8, 4) is 0 Å². The Morgan fingerprint density at radius 3 is 3.00 bits per heavy atom. The molecule has 0 aliphatic carbocycles. The van der Waals surface area contributed by atoms with Gasteiger partial charge in [-0.1, -0.05) is 15.5 Å². The third-order valence-corrected chi connectivity index (χ3v) is 2.30. The van der Waals surface area contributed by atoms with Gasteiger partial charge in [0.25, 0.3) is 0 Å². The van der Waals surface area contributed by atoms with Crippen molar-refractivity contribution in [1.82, 2.24) is 9.57 Å². The molecule has 0 spiro atoms. The molecule has 4 heteroatoms. The van der Waals surface area contributed by atoms with Crippen LogP contribution in [-0.4, -0.2) is 36.1 Å². The Balaban J connectivity index is 2.53. The molecule has 0 aromatic heterocycles. The van der Waals surface area contributed by atoms with Crippen LogP contribution >= 0.6 is 9.39 Å². The van der Waals surface area contributed by atoms with Crippen LogP contribution in [0.2, 0.25) is 0 Å². The normalized spacial score (nSPS) is 19.3. The molecular formula is C7H13N2OP. The molecule has 11 heavy (non-hydrogen) atoms. The van der Waals surface area contributed by atoms with Crippen LogP contribution in [0.1, 0.15) is 6.42 Å². The van der Waals surface area contributed by atoms with Gasteiger partial charge in [0, 0.05) is 32.3 Å². The summed E-state index contributed by atoms with van der Waals surface area (Å²) >= 11 is 0. The highest BCUT2D eigenvalue weighted by Crippen LogP contribution is 2.14. The van der Waals surface area contributed by atoms with Crippen LogP contribution in [0.3, 0.4) is 0 Å². The lowest BCUT2D eigenvalue weighted by molar-refractivity contribution is -0.115. The summed E-state index contributed by atoms with van der Waals surface area (Å²) in [4.78, 5) is 12.0. The Bertz CT molecular complexity index is 181. The first-order valence-electron chi connectivity index (χ1n) is 3.61. The fourth-order valence-corrected chi connectivity index (χ4v) is 1.30. The highest BCUT2D eigenvalue weighted by molar-refractivity contribution is 7.13. The van der Waals surface area contributed by atoms with E-state index < -0.39 is 0 Å². The zero-order valence-corrected chi connectivity index (χ0v) is 7.81. The van der Waals surface area contributed by atoms with E-state index in [0.717, 1.165) is 31.6 Å². The van der Waals surface area contributed by atoms with E-state index in [0.29, 0.717) is 0 Å². The standard InChI is InChI=1S/C7H13N2OP/c1-8(6-10)7-2-4-9(11)5-3-7/h2,6H,3-5,11H2,1H3. The van der Waals surface area contributed by atoms with Crippen molar-refractivity contribution in [3.05, 3.63) is 11.8 Å². The second-order valence-corrected chi connectivity index (χ2v) is 3.39. The van der Waals surface area contributed by atoms with E-state index in [1.165, 1.54) is 0 Å². The number of rotatable bonds is 2. The van der Waals surface area contributed by atoms with Crippen LogP contribution in [0, 0.1) is 0 Å². The molecule has 0 aromatic rings.